The quantitative estimate of drug-likeness (QED) is 0.167. The molecule has 0 aliphatic carbocycles. The molecule has 29 heavy (non-hydrogen) atoms. The molecule has 0 bridgehead atoms. The summed E-state index contributed by atoms with van der Waals surface area (Å²) in [7, 11) is 3.80. The Morgan fingerprint density at radius 1 is 0.931 bits per heavy atom. The van der Waals surface area contributed by atoms with Crippen molar-refractivity contribution in [2.75, 3.05) is 27.2 Å². The molecule has 5 nitrogen and oxygen atoms in total. The van der Waals surface area contributed by atoms with E-state index in [0.29, 0.717) is 30.7 Å². The van der Waals surface area contributed by atoms with Crippen LogP contribution in [-0.4, -0.2) is 49.2 Å². The van der Waals surface area contributed by atoms with Crippen molar-refractivity contribution < 1.29 is 19.4 Å². The number of hydrogen-bond donors (Lipinski definition) is 1. The topological polar surface area (TPSA) is 66.8 Å². The van der Waals surface area contributed by atoms with Crippen LogP contribution in [0.15, 0.2) is 23.8 Å². The number of rotatable bonds is 19. The van der Waals surface area contributed by atoms with Crippen LogP contribution < -0.4 is 0 Å². The minimum atomic E-state index is -0.911. The Hall–Kier alpha value is -1.62. The van der Waals surface area contributed by atoms with Gasteiger partial charge in [-0.2, -0.15) is 0 Å². The lowest BCUT2D eigenvalue weighted by Crippen LogP contribution is -2.20. The van der Waals surface area contributed by atoms with E-state index in [1.807, 2.05) is 19.0 Å². The molecule has 168 valence electrons. The average Bonchev–Trinajstić information content (AvgIpc) is 2.67. The van der Waals surface area contributed by atoms with Gasteiger partial charge in [0.15, 0.2) is 0 Å². The molecule has 0 aromatic rings. The Balaban J connectivity index is 3.94. The number of allylic oxidation sites excluding steroid dienone is 1. The number of hydrogen-bond acceptors (Lipinski definition) is 4. The molecule has 0 aromatic heterocycles. The van der Waals surface area contributed by atoms with Gasteiger partial charge in [0.1, 0.15) is 6.61 Å². The molecule has 0 atom stereocenters. The summed E-state index contributed by atoms with van der Waals surface area (Å²) in [6, 6.07) is 0. The van der Waals surface area contributed by atoms with Gasteiger partial charge in [-0.25, -0.2) is 9.59 Å². The van der Waals surface area contributed by atoms with Crippen LogP contribution in [0.4, 0.5) is 0 Å². The third-order valence-corrected chi connectivity index (χ3v) is 4.98. The molecule has 0 spiro atoms. The van der Waals surface area contributed by atoms with Crippen LogP contribution in [0.25, 0.3) is 0 Å². The molecule has 0 amide bonds. The molecule has 0 saturated heterocycles. The second-order valence-corrected chi connectivity index (χ2v) is 8.07. The van der Waals surface area contributed by atoms with E-state index in [4.69, 9.17) is 4.74 Å². The lowest BCUT2D eigenvalue weighted by Gasteiger charge is -2.10. The van der Waals surface area contributed by atoms with Crippen molar-refractivity contribution in [3.63, 3.8) is 0 Å². The maximum atomic E-state index is 11.8. The van der Waals surface area contributed by atoms with E-state index in [0.717, 1.165) is 19.3 Å². The predicted octanol–water partition coefficient (Wildman–Crippen LogP) is 5.75. The zero-order valence-corrected chi connectivity index (χ0v) is 19.0. The van der Waals surface area contributed by atoms with Crippen LogP contribution in [0.3, 0.4) is 0 Å². The Morgan fingerprint density at radius 3 is 1.93 bits per heavy atom. The summed E-state index contributed by atoms with van der Waals surface area (Å²) in [5, 5.41) is 9.37. The van der Waals surface area contributed by atoms with Crippen molar-refractivity contribution in [3.05, 3.63) is 23.8 Å². The second kappa shape index (κ2) is 18.4. The summed E-state index contributed by atoms with van der Waals surface area (Å²) in [6.07, 6.45) is 16.0. The number of esters is 1. The minimum absolute atomic E-state index is 0.223. The van der Waals surface area contributed by atoms with Gasteiger partial charge in [-0.1, -0.05) is 83.8 Å². The highest BCUT2D eigenvalue weighted by atomic mass is 16.5. The maximum absolute atomic E-state index is 11.8. The summed E-state index contributed by atoms with van der Waals surface area (Å²) >= 11 is 0. The first-order chi connectivity index (χ1) is 13.9. The van der Waals surface area contributed by atoms with Gasteiger partial charge in [-0.3, -0.25) is 0 Å². The van der Waals surface area contributed by atoms with Gasteiger partial charge >= 0.3 is 11.9 Å². The van der Waals surface area contributed by atoms with Gasteiger partial charge in [-0.05, 0) is 33.4 Å². The predicted molar refractivity (Wildman–Crippen MR) is 120 cm³/mol. The lowest BCUT2D eigenvalue weighted by molar-refractivity contribution is -0.139. The van der Waals surface area contributed by atoms with Crippen LogP contribution >= 0.6 is 0 Å². The Morgan fingerprint density at radius 2 is 1.45 bits per heavy atom. The highest BCUT2D eigenvalue weighted by Gasteiger charge is 2.11. The number of nitrogens with zero attached hydrogens (tertiary/aromatic N) is 1. The highest BCUT2D eigenvalue weighted by molar-refractivity contribution is 5.89. The second-order valence-electron chi connectivity index (χ2n) is 8.07. The van der Waals surface area contributed by atoms with E-state index in [-0.39, 0.29) is 6.42 Å². The van der Waals surface area contributed by atoms with Crippen molar-refractivity contribution >= 4 is 11.9 Å². The zero-order valence-electron chi connectivity index (χ0n) is 19.0. The van der Waals surface area contributed by atoms with Crippen LogP contribution in [0.2, 0.25) is 0 Å². The van der Waals surface area contributed by atoms with E-state index in [1.165, 1.54) is 51.4 Å². The molecule has 0 rings (SSSR count). The number of carboxylic acids is 1. The number of carbonyl (C=O) groups excluding carboxylic acids is 1. The van der Waals surface area contributed by atoms with Crippen LogP contribution in [0, 0.1) is 0 Å². The van der Waals surface area contributed by atoms with Gasteiger partial charge in [0, 0.05) is 17.7 Å². The summed E-state index contributed by atoms with van der Waals surface area (Å²) in [5.74, 6) is -1.37. The van der Waals surface area contributed by atoms with E-state index < -0.39 is 11.9 Å². The van der Waals surface area contributed by atoms with Crippen LogP contribution in [0.1, 0.15) is 90.4 Å². The van der Waals surface area contributed by atoms with Gasteiger partial charge in [0.2, 0.25) is 0 Å². The summed E-state index contributed by atoms with van der Waals surface area (Å²) in [4.78, 5) is 25.2. The molecule has 0 aliphatic heterocycles. The first-order valence-electron chi connectivity index (χ1n) is 11.3. The van der Waals surface area contributed by atoms with E-state index in [9.17, 15) is 14.7 Å². The van der Waals surface area contributed by atoms with Crippen LogP contribution in [-0.2, 0) is 14.3 Å². The molecule has 0 heterocycles. The van der Waals surface area contributed by atoms with Crippen molar-refractivity contribution in [2.24, 2.45) is 0 Å². The largest absolute Gasteiger partial charge is 0.478 e. The molecule has 5 heteroatoms. The van der Waals surface area contributed by atoms with E-state index in [2.05, 4.69) is 13.5 Å². The number of ether oxygens (including phenoxy) is 1. The molecule has 0 aromatic carbocycles. The number of carbonyl (C=O) groups is 2. The third kappa shape index (κ3) is 17.0. The SMILES string of the molecule is C=C(CC=C(CCCCCCCCCCCCC)C(=O)O)C(=O)OCCN(C)C. The van der Waals surface area contributed by atoms with E-state index >= 15 is 0 Å². The van der Waals surface area contributed by atoms with Crippen molar-refractivity contribution in [1.82, 2.24) is 4.90 Å². The number of carboxylic acid groups (broad SMARTS) is 1. The maximum Gasteiger partial charge on any atom is 0.333 e. The number of unbranched alkanes of at least 4 members (excludes halogenated alkanes) is 10. The standard InChI is InChI=1S/C24H43NO4/c1-5-6-7-8-9-10-11-12-13-14-15-16-22(23(26)27)18-17-21(2)24(28)29-20-19-25(3)4/h18H,2,5-17,19-20H2,1,3-4H3,(H,26,27). The molecule has 0 saturated carbocycles. The molecule has 0 unspecified atom stereocenters. The summed E-state index contributed by atoms with van der Waals surface area (Å²) in [6.45, 7) is 6.91. The van der Waals surface area contributed by atoms with Gasteiger partial charge in [0.25, 0.3) is 0 Å². The smallest absolute Gasteiger partial charge is 0.333 e. The van der Waals surface area contributed by atoms with Crippen molar-refractivity contribution in [3.8, 4) is 0 Å². The van der Waals surface area contributed by atoms with E-state index in [1.54, 1.807) is 6.08 Å². The first kappa shape index (κ1) is 27.4. The fourth-order valence-electron chi connectivity index (χ4n) is 3.03. The van der Waals surface area contributed by atoms with Gasteiger partial charge in [-0.15, -0.1) is 0 Å². The number of aliphatic carboxylic acids is 1. The number of likely N-dealkylation sites (N-methyl/N-ethyl adjacent to an activating group) is 1. The first-order valence-corrected chi connectivity index (χ1v) is 11.3. The molecule has 0 fully saturated rings. The lowest BCUT2D eigenvalue weighted by atomic mass is 10.0. The Labute approximate surface area is 178 Å². The molecule has 0 radical (unpaired) electrons. The molecular formula is C24H43NO4. The Kier molecular flexibility index (Phi) is 17.4. The van der Waals surface area contributed by atoms with Crippen molar-refractivity contribution in [2.45, 2.75) is 90.4 Å². The minimum Gasteiger partial charge on any atom is -0.478 e. The molecule has 1 N–H and O–H groups in total. The van der Waals surface area contributed by atoms with Crippen molar-refractivity contribution in [1.29, 1.82) is 0 Å². The highest BCUT2D eigenvalue weighted by Crippen LogP contribution is 2.16. The van der Waals surface area contributed by atoms with Crippen LogP contribution in [0.5, 0.6) is 0 Å². The monoisotopic (exact) mass is 409 g/mol. The summed E-state index contributed by atoms with van der Waals surface area (Å²) < 4.78 is 5.12. The zero-order chi connectivity index (χ0) is 21.9. The fraction of sp³-hybridized carbons (Fsp3) is 0.750. The third-order valence-electron chi connectivity index (χ3n) is 4.98. The Bertz CT molecular complexity index is 497. The molecule has 0 aliphatic rings. The normalized spacial score (nSPS) is 11.7. The van der Waals surface area contributed by atoms with Gasteiger partial charge < -0.3 is 14.7 Å². The average molecular weight is 410 g/mol. The van der Waals surface area contributed by atoms with Gasteiger partial charge in [0.05, 0.1) is 0 Å². The molecular weight excluding hydrogens is 366 g/mol. The fourth-order valence-corrected chi connectivity index (χ4v) is 3.03. The summed E-state index contributed by atoms with van der Waals surface area (Å²) in [5.41, 5.74) is 0.657.